The van der Waals surface area contributed by atoms with Crippen LogP contribution in [-0.4, -0.2) is 32.7 Å². The van der Waals surface area contributed by atoms with Crippen molar-refractivity contribution >= 4 is 14.4 Å². The van der Waals surface area contributed by atoms with Gasteiger partial charge in [0.25, 0.3) is 0 Å². The summed E-state index contributed by atoms with van der Waals surface area (Å²) in [6, 6.07) is 0. The van der Waals surface area contributed by atoms with E-state index in [1.807, 2.05) is 20.8 Å². The fourth-order valence-corrected chi connectivity index (χ4v) is 4.62. The molecular weight excluding hydrogens is 356 g/mol. The first-order valence-corrected chi connectivity index (χ1v) is 13.6. The molecule has 2 N–H and O–H groups in total. The maximum atomic E-state index is 11.9. The van der Waals surface area contributed by atoms with Gasteiger partial charge in [-0.25, -0.2) is 10.2 Å². The van der Waals surface area contributed by atoms with Crippen molar-refractivity contribution in [3.05, 3.63) is 0 Å². The Kier molecular flexibility index (Phi) is 9.29. The van der Waals surface area contributed by atoms with Gasteiger partial charge in [-0.1, -0.05) is 52.9 Å². The first-order chi connectivity index (χ1) is 12.3. The second kappa shape index (κ2) is 10.3. The molecule has 0 spiro atoms. The van der Waals surface area contributed by atoms with E-state index in [4.69, 9.17) is 9.16 Å². The molecule has 0 aliphatic heterocycles. The minimum atomic E-state index is -1.85. The normalized spacial score (nSPS) is 18.2. The maximum Gasteiger partial charge on any atom is 0.422 e. The SMILES string of the molecule is CC(C)(C)OC(=O)NNC[C@@H](CCC1CCCCC1)O[Si](C)(C)C(C)(C)C. The van der Waals surface area contributed by atoms with Crippen molar-refractivity contribution in [3.8, 4) is 0 Å². The molecule has 1 amide bonds. The van der Waals surface area contributed by atoms with Crippen LogP contribution < -0.4 is 10.9 Å². The van der Waals surface area contributed by atoms with E-state index in [1.54, 1.807) is 0 Å². The molecule has 1 saturated carbocycles. The minimum Gasteiger partial charge on any atom is -0.443 e. The van der Waals surface area contributed by atoms with Gasteiger partial charge in [0.2, 0.25) is 0 Å². The molecule has 5 nitrogen and oxygen atoms in total. The lowest BCUT2D eigenvalue weighted by Gasteiger charge is -2.39. The van der Waals surface area contributed by atoms with Gasteiger partial charge in [-0.15, -0.1) is 0 Å². The van der Waals surface area contributed by atoms with E-state index in [1.165, 1.54) is 38.5 Å². The zero-order chi connectivity index (χ0) is 20.7. The molecule has 27 heavy (non-hydrogen) atoms. The number of hydrogen-bond acceptors (Lipinski definition) is 4. The Bertz CT molecular complexity index is 449. The molecule has 0 saturated heterocycles. The number of ether oxygens (including phenoxy) is 1. The molecule has 0 aromatic carbocycles. The third-order valence-electron chi connectivity index (χ3n) is 5.81. The summed E-state index contributed by atoms with van der Waals surface area (Å²) in [5, 5.41) is 0.175. The van der Waals surface area contributed by atoms with Crippen LogP contribution in [0.3, 0.4) is 0 Å². The Balaban J connectivity index is 2.57. The number of nitrogens with one attached hydrogen (secondary N) is 2. The summed E-state index contributed by atoms with van der Waals surface area (Å²) < 4.78 is 11.9. The van der Waals surface area contributed by atoms with E-state index < -0.39 is 20.0 Å². The number of rotatable bonds is 8. The van der Waals surface area contributed by atoms with Crippen molar-refractivity contribution in [2.75, 3.05) is 6.54 Å². The summed E-state index contributed by atoms with van der Waals surface area (Å²) in [6.07, 6.45) is 8.78. The minimum absolute atomic E-state index is 0.114. The largest absolute Gasteiger partial charge is 0.443 e. The lowest BCUT2D eigenvalue weighted by molar-refractivity contribution is 0.0484. The van der Waals surface area contributed by atoms with Gasteiger partial charge in [0, 0.05) is 6.54 Å². The monoisotopic (exact) mass is 400 g/mol. The van der Waals surface area contributed by atoms with Crippen LogP contribution in [0.5, 0.6) is 0 Å². The van der Waals surface area contributed by atoms with E-state index in [-0.39, 0.29) is 11.1 Å². The molecule has 0 bridgehead atoms. The fraction of sp³-hybridized carbons (Fsp3) is 0.952. The Hall–Kier alpha value is -0.593. The standard InChI is InChI=1S/C21H44N2O3Si/c1-20(2,3)25-19(24)23-22-16-18(26-27(7,8)21(4,5)6)15-14-17-12-10-9-11-13-17/h17-18,22H,9-16H2,1-8H3,(H,23,24)/t18-/m1/s1. The molecule has 1 rings (SSSR count). The quantitative estimate of drug-likeness (QED) is 0.401. The highest BCUT2D eigenvalue weighted by molar-refractivity contribution is 6.74. The van der Waals surface area contributed by atoms with Gasteiger partial charge >= 0.3 is 6.09 Å². The van der Waals surface area contributed by atoms with E-state index in [0.29, 0.717) is 6.54 Å². The van der Waals surface area contributed by atoms with Crippen LogP contribution >= 0.6 is 0 Å². The Morgan fingerprint density at radius 2 is 1.67 bits per heavy atom. The lowest BCUT2D eigenvalue weighted by atomic mass is 9.85. The van der Waals surface area contributed by atoms with Crippen molar-refractivity contribution in [2.24, 2.45) is 5.92 Å². The molecule has 0 radical (unpaired) electrons. The van der Waals surface area contributed by atoms with E-state index >= 15 is 0 Å². The van der Waals surface area contributed by atoms with E-state index in [0.717, 1.165) is 12.3 Å². The highest BCUT2D eigenvalue weighted by Gasteiger charge is 2.39. The Morgan fingerprint density at radius 1 is 1.07 bits per heavy atom. The van der Waals surface area contributed by atoms with Gasteiger partial charge in [-0.3, -0.25) is 5.43 Å². The van der Waals surface area contributed by atoms with Gasteiger partial charge in [-0.05, 0) is 57.7 Å². The van der Waals surface area contributed by atoms with Gasteiger partial charge in [0.15, 0.2) is 8.32 Å². The average molecular weight is 401 g/mol. The molecule has 1 aliphatic carbocycles. The van der Waals surface area contributed by atoms with Crippen LogP contribution in [0.15, 0.2) is 0 Å². The fourth-order valence-electron chi connectivity index (χ4n) is 3.23. The summed E-state index contributed by atoms with van der Waals surface area (Å²) in [4.78, 5) is 11.9. The van der Waals surface area contributed by atoms with Crippen LogP contribution in [-0.2, 0) is 9.16 Å². The Labute approximate surface area is 168 Å². The molecule has 0 aromatic rings. The third-order valence-corrected chi connectivity index (χ3v) is 10.3. The zero-order valence-electron chi connectivity index (χ0n) is 19.0. The summed E-state index contributed by atoms with van der Waals surface area (Å²) in [7, 11) is -1.85. The molecule has 1 aliphatic rings. The van der Waals surface area contributed by atoms with Crippen LogP contribution in [0.25, 0.3) is 0 Å². The molecule has 0 heterocycles. The number of carbonyl (C=O) groups is 1. The lowest BCUT2D eigenvalue weighted by Crippen LogP contribution is -2.49. The molecule has 1 fully saturated rings. The molecule has 0 aromatic heterocycles. The van der Waals surface area contributed by atoms with Crippen LogP contribution in [0, 0.1) is 5.92 Å². The van der Waals surface area contributed by atoms with Gasteiger partial charge in [-0.2, -0.15) is 0 Å². The third kappa shape index (κ3) is 9.95. The summed E-state index contributed by atoms with van der Waals surface area (Å²) >= 11 is 0. The van der Waals surface area contributed by atoms with E-state index in [2.05, 4.69) is 44.7 Å². The smallest absolute Gasteiger partial charge is 0.422 e. The van der Waals surface area contributed by atoms with Crippen molar-refractivity contribution in [2.45, 2.75) is 116 Å². The molecule has 160 valence electrons. The second-order valence-corrected chi connectivity index (χ2v) is 15.3. The topological polar surface area (TPSA) is 59.6 Å². The van der Waals surface area contributed by atoms with Crippen molar-refractivity contribution in [1.82, 2.24) is 10.9 Å². The van der Waals surface area contributed by atoms with Crippen LogP contribution in [0.1, 0.15) is 86.5 Å². The zero-order valence-corrected chi connectivity index (χ0v) is 20.0. The highest BCUT2D eigenvalue weighted by atomic mass is 28.4. The summed E-state index contributed by atoms with van der Waals surface area (Å²) in [5.74, 6) is 0.836. The first kappa shape index (κ1) is 24.4. The van der Waals surface area contributed by atoms with Crippen molar-refractivity contribution < 1.29 is 14.0 Å². The van der Waals surface area contributed by atoms with Gasteiger partial charge < -0.3 is 9.16 Å². The average Bonchev–Trinajstić information content (AvgIpc) is 2.50. The number of amides is 1. The summed E-state index contributed by atoms with van der Waals surface area (Å²) in [5.41, 5.74) is 5.20. The number of carbonyl (C=O) groups excluding carboxylic acids is 1. The predicted octanol–water partition coefficient (Wildman–Crippen LogP) is 5.77. The second-order valence-electron chi connectivity index (χ2n) is 10.6. The van der Waals surface area contributed by atoms with Crippen LogP contribution in [0.2, 0.25) is 18.1 Å². The van der Waals surface area contributed by atoms with Crippen molar-refractivity contribution in [3.63, 3.8) is 0 Å². The molecule has 6 heteroatoms. The van der Waals surface area contributed by atoms with Crippen molar-refractivity contribution in [1.29, 1.82) is 0 Å². The summed E-state index contributed by atoms with van der Waals surface area (Å²) in [6.45, 7) is 17.6. The van der Waals surface area contributed by atoms with Crippen LogP contribution in [0.4, 0.5) is 4.79 Å². The first-order valence-electron chi connectivity index (χ1n) is 10.7. The molecule has 0 unspecified atom stereocenters. The Morgan fingerprint density at radius 3 is 2.19 bits per heavy atom. The predicted molar refractivity (Wildman–Crippen MR) is 115 cm³/mol. The molecular formula is C21H44N2O3Si. The number of hydrazine groups is 1. The van der Waals surface area contributed by atoms with E-state index in [9.17, 15) is 4.79 Å². The maximum absolute atomic E-state index is 11.9. The highest BCUT2D eigenvalue weighted by Crippen LogP contribution is 2.38. The molecule has 1 atom stereocenters. The van der Waals surface area contributed by atoms with Gasteiger partial charge in [0.1, 0.15) is 5.60 Å². The van der Waals surface area contributed by atoms with Gasteiger partial charge in [0.05, 0.1) is 6.10 Å². The number of hydrogen-bond donors (Lipinski definition) is 2.